The number of carboxylic acids is 1. The number of aromatic nitrogens is 2. The minimum atomic E-state index is -3.93. The Kier molecular flexibility index (Phi) is 4.36. The van der Waals surface area contributed by atoms with E-state index in [0.717, 1.165) is 6.07 Å². The number of nitrogens with one attached hydrogen (secondary N) is 1. The average Bonchev–Trinajstić information content (AvgIpc) is 2.83. The number of benzene rings is 1. The number of rotatable bonds is 6. The highest BCUT2D eigenvalue weighted by atomic mass is 32.2. The van der Waals surface area contributed by atoms with E-state index in [9.17, 15) is 13.2 Å². The molecule has 1 heterocycles. The molecule has 118 valence electrons. The second kappa shape index (κ2) is 6.06. The summed E-state index contributed by atoms with van der Waals surface area (Å²) in [6.45, 7) is 1.98. The smallest absolute Gasteiger partial charge is 0.339 e. The zero-order chi connectivity index (χ0) is 16.3. The van der Waals surface area contributed by atoms with Crippen LogP contribution < -0.4 is 9.46 Å². The predicted molar refractivity (Wildman–Crippen MR) is 78.6 cm³/mol. The molecule has 0 atom stereocenters. The number of carbonyl (C=O) groups is 1. The first-order chi connectivity index (χ1) is 10.3. The Balaban J connectivity index is 2.38. The summed E-state index contributed by atoms with van der Waals surface area (Å²) >= 11 is 0. The standard InChI is InChI=1S/C13H15N3O5S/c1-3-21-11-5-4-9(8-10(11)13(17)18)22(19,20)15-12-6-7-16(2)14-12/h4-8H,3H2,1-2H3,(H,14,15)(H,17,18). The topological polar surface area (TPSA) is 111 Å². The number of aryl methyl sites for hydroxylation is 1. The molecule has 8 nitrogen and oxygen atoms in total. The molecule has 2 N–H and O–H groups in total. The molecule has 0 radical (unpaired) electrons. The summed E-state index contributed by atoms with van der Waals surface area (Å²) in [7, 11) is -2.28. The summed E-state index contributed by atoms with van der Waals surface area (Å²) in [6.07, 6.45) is 1.58. The molecule has 0 saturated heterocycles. The van der Waals surface area contributed by atoms with Crippen LogP contribution in [0.1, 0.15) is 17.3 Å². The number of ether oxygens (including phenoxy) is 1. The first-order valence-corrected chi connectivity index (χ1v) is 7.84. The zero-order valence-corrected chi connectivity index (χ0v) is 12.8. The van der Waals surface area contributed by atoms with Crippen LogP contribution in [0, 0.1) is 0 Å². The summed E-state index contributed by atoms with van der Waals surface area (Å²) < 4.78 is 33.4. The summed E-state index contributed by atoms with van der Waals surface area (Å²) in [5, 5.41) is 13.1. The number of nitrogens with zero attached hydrogens (tertiary/aromatic N) is 2. The highest BCUT2D eigenvalue weighted by Gasteiger charge is 2.20. The van der Waals surface area contributed by atoms with E-state index in [1.54, 1.807) is 20.2 Å². The van der Waals surface area contributed by atoms with Crippen molar-refractivity contribution in [1.82, 2.24) is 9.78 Å². The van der Waals surface area contributed by atoms with Gasteiger partial charge in [-0.05, 0) is 25.1 Å². The molecule has 1 aromatic heterocycles. The Morgan fingerprint density at radius 1 is 1.41 bits per heavy atom. The van der Waals surface area contributed by atoms with E-state index in [2.05, 4.69) is 9.82 Å². The fourth-order valence-electron chi connectivity index (χ4n) is 1.79. The van der Waals surface area contributed by atoms with Gasteiger partial charge in [0.1, 0.15) is 11.3 Å². The highest BCUT2D eigenvalue weighted by Crippen LogP contribution is 2.24. The highest BCUT2D eigenvalue weighted by molar-refractivity contribution is 7.92. The molecular formula is C13H15N3O5S. The van der Waals surface area contributed by atoms with E-state index >= 15 is 0 Å². The van der Waals surface area contributed by atoms with Gasteiger partial charge in [-0.2, -0.15) is 5.10 Å². The van der Waals surface area contributed by atoms with Crippen molar-refractivity contribution in [3.8, 4) is 5.75 Å². The van der Waals surface area contributed by atoms with Crippen LogP contribution in [0.15, 0.2) is 35.4 Å². The van der Waals surface area contributed by atoms with Gasteiger partial charge in [0.05, 0.1) is 11.5 Å². The molecule has 0 amide bonds. The van der Waals surface area contributed by atoms with Crippen molar-refractivity contribution in [1.29, 1.82) is 0 Å². The number of hydrogen-bond donors (Lipinski definition) is 2. The van der Waals surface area contributed by atoms with Crippen molar-refractivity contribution in [2.75, 3.05) is 11.3 Å². The van der Waals surface area contributed by atoms with Crippen molar-refractivity contribution in [3.05, 3.63) is 36.0 Å². The van der Waals surface area contributed by atoms with E-state index in [0.29, 0.717) is 0 Å². The van der Waals surface area contributed by atoms with Crippen LogP contribution in [-0.2, 0) is 17.1 Å². The second-order valence-corrected chi connectivity index (χ2v) is 6.06. The SMILES string of the molecule is CCOc1ccc(S(=O)(=O)Nc2ccn(C)n2)cc1C(=O)O. The van der Waals surface area contributed by atoms with Crippen LogP contribution in [0.5, 0.6) is 5.75 Å². The van der Waals surface area contributed by atoms with Crippen molar-refractivity contribution in [3.63, 3.8) is 0 Å². The van der Waals surface area contributed by atoms with E-state index in [1.807, 2.05) is 0 Å². The third-order valence-corrected chi connectivity index (χ3v) is 4.10. The fourth-order valence-corrected chi connectivity index (χ4v) is 2.81. The molecule has 0 spiro atoms. The monoisotopic (exact) mass is 325 g/mol. The van der Waals surface area contributed by atoms with Crippen molar-refractivity contribution >= 4 is 21.8 Å². The van der Waals surface area contributed by atoms with Gasteiger partial charge in [-0.3, -0.25) is 9.40 Å². The molecule has 2 aromatic rings. The molecular weight excluding hydrogens is 310 g/mol. The van der Waals surface area contributed by atoms with E-state index in [-0.39, 0.29) is 28.6 Å². The first kappa shape index (κ1) is 15.8. The van der Waals surface area contributed by atoms with Gasteiger partial charge in [0, 0.05) is 19.3 Å². The molecule has 0 unspecified atom stereocenters. The summed E-state index contributed by atoms with van der Waals surface area (Å²) in [5.74, 6) is -1.00. The lowest BCUT2D eigenvalue weighted by Crippen LogP contribution is -2.15. The average molecular weight is 325 g/mol. The minimum absolute atomic E-state index is 0.117. The van der Waals surface area contributed by atoms with Gasteiger partial charge in [0.2, 0.25) is 0 Å². The Morgan fingerprint density at radius 2 is 2.14 bits per heavy atom. The number of carboxylic acid groups (broad SMARTS) is 1. The van der Waals surface area contributed by atoms with Crippen LogP contribution in [0.25, 0.3) is 0 Å². The van der Waals surface area contributed by atoms with Crippen LogP contribution in [0.2, 0.25) is 0 Å². The van der Waals surface area contributed by atoms with Crippen LogP contribution in [0.4, 0.5) is 5.82 Å². The number of hydrogen-bond acceptors (Lipinski definition) is 5. The summed E-state index contributed by atoms with van der Waals surface area (Å²) in [5.41, 5.74) is -0.217. The minimum Gasteiger partial charge on any atom is -0.493 e. The number of anilines is 1. The number of sulfonamides is 1. The van der Waals surface area contributed by atoms with Crippen molar-refractivity contribution in [2.45, 2.75) is 11.8 Å². The van der Waals surface area contributed by atoms with Gasteiger partial charge < -0.3 is 9.84 Å². The molecule has 0 bridgehead atoms. The lowest BCUT2D eigenvalue weighted by molar-refractivity contribution is 0.0692. The quantitative estimate of drug-likeness (QED) is 0.828. The zero-order valence-electron chi connectivity index (χ0n) is 12.0. The van der Waals surface area contributed by atoms with E-state index < -0.39 is 16.0 Å². The Morgan fingerprint density at radius 3 is 2.68 bits per heavy atom. The molecule has 2 rings (SSSR count). The molecule has 22 heavy (non-hydrogen) atoms. The van der Waals surface area contributed by atoms with Crippen molar-refractivity contribution in [2.24, 2.45) is 7.05 Å². The van der Waals surface area contributed by atoms with Crippen LogP contribution >= 0.6 is 0 Å². The Bertz CT molecular complexity index is 798. The molecule has 0 saturated carbocycles. The lowest BCUT2D eigenvalue weighted by atomic mass is 10.2. The molecule has 0 aliphatic rings. The Labute approximate surface area is 127 Å². The van der Waals surface area contributed by atoms with Crippen LogP contribution in [0.3, 0.4) is 0 Å². The largest absolute Gasteiger partial charge is 0.493 e. The van der Waals surface area contributed by atoms with E-state index in [4.69, 9.17) is 9.84 Å². The van der Waals surface area contributed by atoms with Gasteiger partial charge in [-0.15, -0.1) is 0 Å². The second-order valence-electron chi connectivity index (χ2n) is 4.38. The predicted octanol–water partition coefficient (Wildman–Crippen LogP) is 1.32. The maximum absolute atomic E-state index is 12.3. The van der Waals surface area contributed by atoms with Crippen LogP contribution in [-0.4, -0.2) is 35.9 Å². The van der Waals surface area contributed by atoms with Gasteiger partial charge in [-0.1, -0.05) is 0 Å². The van der Waals surface area contributed by atoms with Gasteiger partial charge in [0.15, 0.2) is 5.82 Å². The molecule has 0 aliphatic heterocycles. The van der Waals surface area contributed by atoms with Gasteiger partial charge in [-0.25, -0.2) is 13.2 Å². The molecule has 0 aliphatic carbocycles. The summed E-state index contributed by atoms with van der Waals surface area (Å²) in [6, 6.07) is 5.14. The number of aromatic carboxylic acids is 1. The third-order valence-electron chi connectivity index (χ3n) is 2.74. The summed E-state index contributed by atoms with van der Waals surface area (Å²) in [4.78, 5) is 11.0. The van der Waals surface area contributed by atoms with Gasteiger partial charge >= 0.3 is 5.97 Å². The van der Waals surface area contributed by atoms with Gasteiger partial charge in [0.25, 0.3) is 10.0 Å². The normalized spacial score (nSPS) is 11.2. The van der Waals surface area contributed by atoms with Crippen molar-refractivity contribution < 1.29 is 23.1 Å². The molecule has 1 aromatic carbocycles. The first-order valence-electron chi connectivity index (χ1n) is 6.36. The molecule has 9 heteroatoms. The van der Waals surface area contributed by atoms with E-state index in [1.165, 1.54) is 22.9 Å². The lowest BCUT2D eigenvalue weighted by Gasteiger charge is -2.10. The maximum Gasteiger partial charge on any atom is 0.339 e. The fraction of sp³-hybridized carbons (Fsp3) is 0.231. The molecule has 0 fully saturated rings. The third kappa shape index (κ3) is 3.37. The Hall–Kier alpha value is -2.55. The maximum atomic E-state index is 12.3.